The number of rotatable bonds is 15. The molecule has 28 heavy (non-hydrogen) atoms. The molecule has 1 rings (SSSR count). The minimum absolute atomic E-state index is 0.0832. The maximum Gasteiger partial charge on any atom is 0.304 e. The van der Waals surface area contributed by atoms with Crippen LogP contribution in [-0.2, 0) is 9.59 Å². The van der Waals surface area contributed by atoms with E-state index >= 15 is 0 Å². The molecule has 0 aliphatic rings. The molecule has 0 aliphatic carbocycles. The van der Waals surface area contributed by atoms with Crippen molar-refractivity contribution in [1.82, 2.24) is 0 Å². The maximum atomic E-state index is 10.5. The Hall–Kier alpha value is -0.341. The normalized spacial score (nSPS) is 10.4. The molecule has 0 aliphatic heterocycles. The Labute approximate surface area is 188 Å². The van der Waals surface area contributed by atoms with E-state index in [0.717, 1.165) is 5.56 Å². The summed E-state index contributed by atoms with van der Waals surface area (Å²) in [6, 6.07) is 9.73. The second-order valence-electron chi connectivity index (χ2n) is 6.23. The summed E-state index contributed by atoms with van der Waals surface area (Å²) in [6.07, 6.45) is 6.08. The Kier molecular flexibility index (Phi) is 19.7. The van der Waals surface area contributed by atoms with Gasteiger partial charge in [-0.3, -0.25) is 9.59 Å². The summed E-state index contributed by atoms with van der Waals surface area (Å²) in [6.45, 7) is 4.58. The van der Waals surface area contributed by atoms with Crippen LogP contribution in [0.1, 0.15) is 62.5 Å². The van der Waals surface area contributed by atoms with Crippen LogP contribution in [0.3, 0.4) is 0 Å². The van der Waals surface area contributed by atoms with Gasteiger partial charge in [0.15, 0.2) is 0 Å². The topological polar surface area (TPSA) is 74.6 Å². The summed E-state index contributed by atoms with van der Waals surface area (Å²) in [5.41, 5.74) is 1.09. The fourth-order valence-corrected chi connectivity index (χ4v) is 8.92. The predicted molar refractivity (Wildman–Crippen MR) is 124 cm³/mol. The van der Waals surface area contributed by atoms with Crippen molar-refractivity contribution >= 4 is 56.6 Å². The summed E-state index contributed by atoms with van der Waals surface area (Å²) in [5, 5.41) is 17.3. The molecule has 0 spiro atoms. The number of unbranched alkanes of at least 4 members (excludes halogenated alkanes) is 2. The van der Waals surface area contributed by atoms with Crippen molar-refractivity contribution in [2.75, 3.05) is 11.5 Å². The first kappa shape index (κ1) is 27.7. The van der Waals surface area contributed by atoms with E-state index in [1.165, 1.54) is 25.7 Å². The summed E-state index contributed by atoms with van der Waals surface area (Å²) < 4.78 is 3.33. The van der Waals surface area contributed by atoms with Crippen molar-refractivity contribution in [3.63, 3.8) is 0 Å². The monoisotopic (exact) mass is 534 g/mol. The first-order chi connectivity index (χ1) is 13.5. The maximum absolute atomic E-state index is 10.5. The van der Waals surface area contributed by atoms with Crippen molar-refractivity contribution in [2.24, 2.45) is 0 Å². The molecule has 0 amide bonds. The number of benzene rings is 1. The van der Waals surface area contributed by atoms with E-state index in [4.69, 9.17) is 10.2 Å². The van der Waals surface area contributed by atoms with Crippen molar-refractivity contribution in [2.45, 2.75) is 65.8 Å². The molecule has 7 heteroatoms. The molecule has 4 nitrogen and oxygen atoms in total. The van der Waals surface area contributed by atoms with E-state index in [9.17, 15) is 9.59 Å². The zero-order chi connectivity index (χ0) is 21.0. The quantitative estimate of drug-likeness (QED) is 0.158. The van der Waals surface area contributed by atoms with Gasteiger partial charge in [-0.1, -0.05) is 30.3 Å². The van der Waals surface area contributed by atoms with Crippen LogP contribution >= 0.6 is 23.5 Å². The number of aliphatic carboxylic acids is 2. The van der Waals surface area contributed by atoms with Gasteiger partial charge in [-0.2, -0.15) is 0 Å². The molecule has 1 aromatic rings. The van der Waals surface area contributed by atoms with Crippen molar-refractivity contribution in [1.29, 1.82) is 0 Å². The van der Waals surface area contributed by atoms with Crippen LogP contribution < -0.4 is 0 Å². The van der Waals surface area contributed by atoms with E-state index in [1.54, 1.807) is 32.4 Å². The molecule has 0 heterocycles. The first-order valence-corrected chi connectivity index (χ1v) is 16.1. The average molecular weight is 533 g/mol. The predicted octanol–water partition coefficient (Wildman–Crippen LogP) is 6.23. The van der Waals surface area contributed by atoms with Crippen LogP contribution in [0.5, 0.6) is 0 Å². The van der Waals surface area contributed by atoms with Crippen LogP contribution in [0.2, 0.25) is 8.87 Å². The van der Waals surface area contributed by atoms with E-state index in [0.29, 0.717) is 11.5 Å². The summed E-state index contributed by atoms with van der Waals surface area (Å²) in [4.78, 5) is 21.0. The van der Waals surface area contributed by atoms with E-state index in [2.05, 4.69) is 13.8 Å². The molecule has 158 valence electrons. The van der Waals surface area contributed by atoms with Crippen molar-refractivity contribution in [3.05, 3.63) is 35.9 Å². The third-order valence-corrected chi connectivity index (χ3v) is 10.5. The Morgan fingerprint density at radius 2 is 1.36 bits per heavy atom. The first-order valence-electron chi connectivity index (χ1n) is 9.93. The van der Waals surface area contributed by atoms with Gasteiger partial charge in [0.1, 0.15) is 0 Å². The van der Waals surface area contributed by atoms with Gasteiger partial charge < -0.3 is 10.2 Å². The number of carboxylic acid groups (broad SMARTS) is 2. The molecular weight excluding hydrogens is 499 g/mol. The fourth-order valence-electron chi connectivity index (χ4n) is 2.09. The van der Waals surface area contributed by atoms with Gasteiger partial charge in [-0.15, -0.1) is 23.5 Å². The standard InChI is InChI=1S/C13H16O4S2.2C4H9.Sn/c14-11(15)6-8-18-13(19-9-7-12(16)17)10-4-2-1-3-5-10;2*1-3-4-2;/h1-5,13H,6-9H2,(H,14,15)(H,16,17);2*1,3-4H2,2H3;. The largest absolute Gasteiger partial charge is 0.481 e. The number of hydrogen-bond acceptors (Lipinski definition) is 4. The van der Waals surface area contributed by atoms with Gasteiger partial charge in [0.25, 0.3) is 0 Å². The molecule has 0 unspecified atom stereocenters. The Morgan fingerprint density at radius 1 is 0.893 bits per heavy atom. The van der Waals surface area contributed by atoms with Crippen molar-refractivity contribution in [3.8, 4) is 0 Å². The van der Waals surface area contributed by atoms with Gasteiger partial charge in [0.05, 0.1) is 17.4 Å². The van der Waals surface area contributed by atoms with E-state index < -0.39 is 11.9 Å². The van der Waals surface area contributed by atoms with Crippen LogP contribution in [0.4, 0.5) is 0 Å². The molecule has 0 bridgehead atoms. The zero-order valence-corrected chi connectivity index (χ0v) is 21.5. The second-order valence-corrected chi connectivity index (χ2v) is 13.2. The van der Waals surface area contributed by atoms with Gasteiger partial charge >= 0.3 is 81.5 Å². The Morgan fingerprint density at radius 3 is 1.75 bits per heavy atom. The molecule has 1 aromatic carbocycles. The molecule has 0 saturated heterocycles. The third-order valence-electron chi connectivity index (χ3n) is 3.66. The van der Waals surface area contributed by atoms with Gasteiger partial charge in [-0.25, -0.2) is 0 Å². The molecule has 0 atom stereocenters. The summed E-state index contributed by atoms with van der Waals surface area (Å²) >= 11 is 3.24. The molecule has 2 N–H and O–H groups in total. The second kappa shape index (κ2) is 20.0. The fraction of sp³-hybridized carbons (Fsp3) is 0.619. The van der Waals surface area contributed by atoms with Crippen LogP contribution in [-0.4, -0.2) is 54.8 Å². The molecule has 0 fully saturated rings. The Bertz CT molecular complexity index is 488. The van der Waals surface area contributed by atoms with E-state index in [-0.39, 0.29) is 38.6 Å². The zero-order valence-electron chi connectivity index (χ0n) is 17.1. The summed E-state index contributed by atoms with van der Waals surface area (Å²) in [5.74, 6) is -0.575. The molecule has 2 radical (unpaired) electrons. The number of carbonyl (C=O) groups is 2. The van der Waals surface area contributed by atoms with E-state index in [1.807, 2.05) is 30.3 Å². The Balaban J connectivity index is 0.000000684. The van der Waals surface area contributed by atoms with Crippen LogP contribution in [0.15, 0.2) is 30.3 Å². The van der Waals surface area contributed by atoms with Gasteiger partial charge in [-0.05, 0) is 5.56 Å². The van der Waals surface area contributed by atoms with Crippen LogP contribution in [0, 0.1) is 0 Å². The number of hydrogen-bond donors (Lipinski definition) is 2. The molecular formula is C21H34O4S2Sn. The third kappa shape index (κ3) is 17.7. The average Bonchev–Trinajstić information content (AvgIpc) is 2.67. The van der Waals surface area contributed by atoms with Crippen LogP contribution in [0.25, 0.3) is 0 Å². The summed E-state index contributed by atoms with van der Waals surface area (Å²) in [7, 11) is 0. The minimum atomic E-state index is -0.810. The van der Waals surface area contributed by atoms with Gasteiger partial charge in [0, 0.05) is 11.5 Å². The number of carboxylic acids is 2. The van der Waals surface area contributed by atoms with Crippen molar-refractivity contribution < 1.29 is 19.8 Å². The van der Waals surface area contributed by atoms with Gasteiger partial charge in [0.2, 0.25) is 0 Å². The molecule has 0 aromatic heterocycles. The molecule has 0 saturated carbocycles. The number of thioether (sulfide) groups is 2. The smallest absolute Gasteiger partial charge is 0.304 e. The minimum Gasteiger partial charge on any atom is -0.481 e. The SMILES string of the molecule is CCC[CH2][Sn][CH2]CCC.O=C(O)CCSC(SCCC(=O)O)c1ccccc1.